The van der Waals surface area contributed by atoms with Gasteiger partial charge in [0.05, 0.1) is 6.10 Å². The normalized spacial score (nSPS) is 13.9. The summed E-state index contributed by atoms with van der Waals surface area (Å²) < 4.78 is 0. The van der Waals surface area contributed by atoms with Gasteiger partial charge in [-0.1, -0.05) is 0 Å². The van der Waals surface area contributed by atoms with Gasteiger partial charge in [0.15, 0.2) is 0 Å². The smallest absolute Gasteiger partial charge is 0.317 e. The van der Waals surface area contributed by atoms with Crippen LogP contribution in [-0.2, 0) is 6.42 Å². The van der Waals surface area contributed by atoms with Crippen LogP contribution in [0.5, 0.6) is 0 Å². The van der Waals surface area contributed by atoms with Crippen molar-refractivity contribution in [2.24, 2.45) is 0 Å². The summed E-state index contributed by atoms with van der Waals surface area (Å²) in [6.45, 7) is 6.39. The molecule has 0 saturated carbocycles. The van der Waals surface area contributed by atoms with Crippen molar-refractivity contribution in [3.63, 3.8) is 0 Å². The second-order valence-corrected chi connectivity index (χ2v) is 6.50. The Bertz CT molecular complexity index is 404. The van der Waals surface area contributed by atoms with E-state index in [1.807, 2.05) is 6.92 Å². The van der Waals surface area contributed by atoms with Crippen molar-refractivity contribution >= 4 is 17.4 Å². The molecule has 0 radical (unpaired) electrons. The molecule has 0 spiro atoms. The summed E-state index contributed by atoms with van der Waals surface area (Å²) in [6.07, 6.45) is 1.08. The maximum absolute atomic E-state index is 11.9. The molecule has 0 fully saturated rings. The van der Waals surface area contributed by atoms with E-state index in [1.165, 1.54) is 9.75 Å². The van der Waals surface area contributed by atoms with Crippen LogP contribution in [0.3, 0.4) is 0 Å². The first kappa shape index (κ1) is 16.0. The van der Waals surface area contributed by atoms with Crippen molar-refractivity contribution in [3.05, 3.63) is 21.9 Å². The molecule has 19 heavy (non-hydrogen) atoms. The Morgan fingerprint density at radius 2 is 2.16 bits per heavy atom. The summed E-state index contributed by atoms with van der Waals surface area (Å²) in [5.41, 5.74) is 0. The third-order valence-corrected chi connectivity index (χ3v) is 3.93. The summed E-state index contributed by atoms with van der Waals surface area (Å²) in [4.78, 5) is 16.1. The van der Waals surface area contributed by atoms with Crippen molar-refractivity contribution < 1.29 is 9.90 Å². The highest BCUT2D eigenvalue weighted by molar-refractivity contribution is 7.11. The molecule has 0 bridgehead atoms. The molecule has 2 amide bonds. The van der Waals surface area contributed by atoms with Gasteiger partial charge in [0.25, 0.3) is 0 Å². The van der Waals surface area contributed by atoms with Crippen LogP contribution >= 0.6 is 11.3 Å². The van der Waals surface area contributed by atoms with Gasteiger partial charge in [0.1, 0.15) is 0 Å². The number of aliphatic hydroxyl groups is 1. The predicted octanol–water partition coefficient (Wildman–Crippen LogP) is 2.40. The van der Waals surface area contributed by atoms with Crippen LogP contribution in [0.4, 0.5) is 4.79 Å². The monoisotopic (exact) mass is 284 g/mol. The summed E-state index contributed by atoms with van der Waals surface area (Å²) in [5.74, 6) is 0. The minimum absolute atomic E-state index is 0.0820. The largest absolute Gasteiger partial charge is 0.393 e. The number of thiophene rings is 1. The number of urea groups is 1. The average Bonchev–Trinajstić information content (AvgIpc) is 2.71. The Balaban J connectivity index is 2.34. The van der Waals surface area contributed by atoms with E-state index >= 15 is 0 Å². The van der Waals surface area contributed by atoms with Crippen LogP contribution in [0, 0.1) is 6.92 Å². The molecule has 0 aliphatic carbocycles. The van der Waals surface area contributed by atoms with Gasteiger partial charge >= 0.3 is 6.03 Å². The number of nitrogens with zero attached hydrogens (tertiary/aromatic N) is 1. The molecule has 5 heteroatoms. The Hall–Kier alpha value is -1.07. The number of aliphatic hydroxyl groups excluding tert-OH is 1. The van der Waals surface area contributed by atoms with Crippen molar-refractivity contribution in [1.29, 1.82) is 0 Å². The van der Waals surface area contributed by atoms with Crippen molar-refractivity contribution in [2.75, 3.05) is 13.6 Å². The van der Waals surface area contributed by atoms with E-state index in [1.54, 1.807) is 30.2 Å². The van der Waals surface area contributed by atoms with E-state index in [2.05, 4.69) is 24.4 Å². The first-order valence-corrected chi connectivity index (χ1v) is 7.45. The Labute approximate surface area is 119 Å². The van der Waals surface area contributed by atoms with Crippen molar-refractivity contribution in [2.45, 2.75) is 45.8 Å². The lowest BCUT2D eigenvalue weighted by Crippen LogP contribution is -2.43. The minimum Gasteiger partial charge on any atom is -0.393 e. The number of rotatable bonds is 6. The Kier molecular flexibility index (Phi) is 6.31. The molecule has 108 valence electrons. The van der Waals surface area contributed by atoms with Gasteiger partial charge in [-0.05, 0) is 39.3 Å². The van der Waals surface area contributed by atoms with E-state index < -0.39 is 0 Å². The zero-order chi connectivity index (χ0) is 14.4. The van der Waals surface area contributed by atoms with Gasteiger partial charge in [0, 0.05) is 35.8 Å². The lowest BCUT2D eigenvalue weighted by Gasteiger charge is -2.21. The highest BCUT2D eigenvalue weighted by Gasteiger charge is 2.13. The molecule has 4 nitrogen and oxygen atoms in total. The fraction of sp³-hybridized carbons (Fsp3) is 0.643. The molecule has 1 rings (SSSR count). The Morgan fingerprint density at radius 1 is 1.47 bits per heavy atom. The molecular formula is C14H24N2O2S. The van der Waals surface area contributed by atoms with Crippen LogP contribution < -0.4 is 5.32 Å². The highest BCUT2D eigenvalue weighted by atomic mass is 32.1. The number of hydrogen-bond donors (Lipinski definition) is 2. The molecular weight excluding hydrogens is 260 g/mol. The number of nitrogens with one attached hydrogen (secondary N) is 1. The standard InChI is InChI=1S/C14H24N2O2S/c1-10(9-13-6-5-12(3)19-13)15-14(18)16(4)8-7-11(2)17/h5-6,10-11,17H,7-9H2,1-4H3,(H,15,18). The maximum Gasteiger partial charge on any atom is 0.317 e. The summed E-state index contributed by atoms with van der Waals surface area (Å²) >= 11 is 1.77. The third kappa shape index (κ3) is 6.07. The fourth-order valence-corrected chi connectivity index (χ4v) is 2.77. The topological polar surface area (TPSA) is 52.6 Å². The van der Waals surface area contributed by atoms with E-state index in [0.29, 0.717) is 13.0 Å². The van der Waals surface area contributed by atoms with Gasteiger partial charge in [-0.25, -0.2) is 4.79 Å². The first-order chi connectivity index (χ1) is 8.88. The summed E-state index contributed by atoms with van der Waals surface area (Å²) in [5, 5.41) is 12.2. The lowest BCUT2D eigenvalue weighted by atomic mass is 10.2. The van der Waals surface area contributed by atoms with Crippen LogP contribution in [-0.4, -0.2) is 41.8 Å². The molecule has 1 aromatic rings. The number of carbonyl (C=O) groups excluding carboxylic acids is 1. The van der Waals surface area contributed by atoms with E-state index in [-0.39, 0.29) is 18.2 Å². The number of aryl methyl sites for hydroxylation is 1. The zero-order valence-corrected chi connectivity index (χ0v) is 13.0. The van der Waals surface area contributed by atoms with Gasteiger partial charge in [-0.2, -0.15) is 0 Å². The van der Waals surface area contributed by atoms with Gasteiger partial charge in [-0.3, -0.25) is 0 Å². The van der Waals surface area contributed by atoms with Gasteiger partial charge in [-0.15, -0.1) is 11.3 Å². The number of amides is 2. The lowest BCUT2D eigenvalue weighted by molar-refractivity contribution is 0.162. The van der Waals surface area contributed by atoms with Crippen LogP contribution in [0.15, 0.2) is 12.1 Å². The molecule has 2 atom stereocenters. The molecule has 0 aliphatic rings. The maximum atomic E-state index is 11.9. The van der Waals surface area contributed by atoms with E-state index in [0.717, 1.165) is 6.42 Å². The number of carbonyl (C=O) groups is 1. The molecule has 0 saturated heterocycles. The van der Waals surface area contributed by atoms with Gasteiger partial charge < -0.3 is 15.3 Å². The predicted molar refractivity (Wildman–Crippen MR) is 79.7 cm³/mol. The molecule has 2 unspecified atom stereocenters. The van der Waals surface area contributed by atoms with Gasteiger partial charge in [0.2, 0.25) is 0 Å². The SMILES string of the molecule is Cc1ccc(CC(C)NC(=O)N(C)CCC(C)O)s1. The molecule has 1 heterocycles. The second kappa shape index (κ2) is 7.50. The highest BCUT2D eigenvalue weighted by Crippen LogP contribution is 2.16. The first-order valence-electron chi connectivity index (χ1n) is 6.63. The fourth-order valence-electron chi connectivity index (χ4n) is 1.75. The molecule has 0 aliphatic heterocycles. The van der Waals surface area contributed by atoms with Crippen molar-refractivity contribution in [3.8, 4) is 0 Å². The summed E-state index contributed by atoms with van der Waals surface area (Å²) in [6, 6.07) is 4.24. The van der Waals surface area contributed by atoms with Crippen molar-refractivity contribution in [1.82, 2.24) is 10.2 Å². The summed E-state index contributed by atoms with van der Waals surface area (Å²) in [7, 11) is 1.75. The zero-order valence-electron chi connectivity index (χ0n) is 12.1. The quantitative estimate of drug-likeness (QED) is 0.843. The molecule has 2 N–H and O–H groups in total. The van der Waals surface area contributed by atoms with Crippen LogP contribution in [0.25, 0.3) is 0 Å². The van der Waals surface area contributed by atoms with Crippen LogP contribution in [0.1, 0.15) is 30.0 Å². The average molecular weight is 284 g/mol. The van der Waals surface area contributed by atoms with Crippen LogP contribution in [0.2, 0.25) is 0 Å². The number of hydrogen-bond acceptors (Lipinski definition) is 3. The third-order valence-electron chi connectivity index (χ3n) is 2.90. The van der Waals surface area contributed by atoms with E-state index in [4.69, 9.17) is 0 Å². The Morgan fingerprint density at radius 3 is 2.68 bits per heavy atom. The molecule has 0 aromatic carbocycles. The molecule has 1 aromatic heterocycles. The second-order valence-electron chi connectivity index (χ2n) is 5.13. The van der Waals surface area contributed by atoms with E-state index in [9.17, 15) is 9.90 Å². The minimum atomic E-state index is -0.373.